The molecule has 5 nitrogen and oxygen atoms in total. The van der Waals surface area contributed by atoms with E-state index in [-0.39, 0.29) is 11.8 Å². The maximum absolute atomic E-state index is 12.8. The Morgan fingerprint density at radius 1 is 1.22 bits per heavy atom. The van der Waals surface area contributed by atoms with Crippen molar-refractivity contribution in [3.8, 4) is 0 Å². The number of carbonyl (C=O) groups is 2. The second kappa shape index (κ2) is 8.48. The van der Waals surface area contributed by atoms with Gasteiger partial charge in [0, 0.05) is 32.6 Å². The third-order valence-corrected chi connectivity index (χ3v) is 4.21. The van der Waals surface area contributed by atoms with E-state index in [2.05, 4.69) is 23.7 Å². The SMILES string of the molecule is C=CC(=O)NC(Cc1ccccc1)C(=O)N1CCN(CC)CC1. The molecule has 23 heavy (non-hydrogen) atoms. The van der Waals surface area contributed by atoms with E-state index >= 15 is 0 Å². The van der Waals surface area contributed by atoms with Crippen LogP contribution in [0.3, 0.4) is 0 Å². The van der Waals surface area contributed by atoms with E-state index in [0.717, 1.165) is 25.2 Å². The van der Waals surface area contributed by atoms with Gasteiger partial charge in [-0.25, -0.2) is 0 Å². The smallest absolute Gasteiger partial charge is 0.245 e. The van der Waals surface area contributed by atoms with E-state index in [0.29, 0.717) is 19.5 Å². The van der Waals surface area contributed by atoms with Crippen LogP contribution in [0.1, 0.15) is 12.5 Å². The number of nitrogens with zero attached hydrogens (tertiary/aromatic N) is 2. The number of benzene rings is 1. The minimum absolute atomic E-state index is 0.0141. The first-order chi connectivity index (χ1) is 11.1. The van der Waals surface area contributed by atoms with E-state index in [9.17, 15) is 9.59 Å². The summed E-state index contributed by atoms with van der Waals surface area (Å²) in [7, 11) is 0. The molecule has 1 aliphatic heterocycles. The van der Waals surface area contributed by atoms with Gasteiger partial charge in [0.05, 0.1) is 0 Å². The molecule has 1 aromatic rings. The first kappa shape index (κ1) is 17.2. The minimum atomic E-state index is -0.545. The van der Waals surface area contributed by atoms with Crippen molar-refractivity contribution >= 4 is 11.8 Å². The zero-order valence-electron chi connectivity index (χ0n) is 13.7. The maximum atomic E-state index is 12.8. The van der Waals surface area contributed by atoms with Crippen LogP contribution in [0.15, 0.2) is 43.0 Å². The molecule has 0 bridgehead atoms. The highest BCUT2D eigenvalue weighted by Gasteiger charge is 2.28. The molecule has 1 fully saturated rings. The van der Waals surface area contributed by atoms with Gasteiger partial charge >= 0.3 is 0 Å². The molecule has 0 saturated carbocycles. The quantitative estimate of drug-likeness (QED) is 0.799. The predicted molar refractivity (Wildman–Crippen MR) is 91.0 cm³/mol. The number of hydrogen-bond donors (Lipinski definition) is 1. The second-order valence-electron chi connectivity index (χ2n) is 5.71. The van der Waals surface area contributed by atoms with Gasteiger partial charge in [-0.15, -0.1) is 0 Å². The Balaban J connectivity index is 2.05. The van der Waals surface area contributed by atoms with Crippen LogP contribution in [0.5, 0.6) is 0 Å². The van der Waals surface area contributed by atoms with Crippen molar-refractivity contribution in [3.05, 3.63) is 48.6 Å². The molecule has 1 aliphatic rings. The van der Waals surface area contributed by atoms with E-state index in [4.69, 9.17) is 0 Å². The monoisotopic (exact) mass is 315 g/mol. The zero-order valence-corrected chi connectivity index (χ0v) is 13.7. The Bertz CT molecular complexity index is 536. The van der Waals surface area contributed by atoms with Gasteiger partial charge in [-0.3, -0.25) is 9.59 Å². The lowest BCUT2D eigenvalue weighted by atomic mass is 10.0. The summed E-state index contributed by atoms with van der Waals surface area (Å²) in [4.78, 5) is 28.7. The summed E-state index contributed by atoms with van der Waals surface area (Å²) in [6.07, 6.45) is 1.70. The minimum Gasteiger partial charge on any atom is -0.340 e. The average molecular weight is 315 g/mol. The van der Waals surface area contributed by atoms with Gasteiger partial charge in [0.25, 0.3) is 0 Å². The molecule has 0 aromatic heterocycles. The number of piperazine rings is 1. The van der Waals surface area contributed by atoms with Gasteiger partial charge < -0.3 is 15.1 Å². The predicted octanol–water partition coefficient (Wildman–Crippen LogP) is 1.06. The van der Waals surface area contributed by atoms with Crippen molar-refractivity contribution in [1.29, 1.82) is 0 Å². The molecule has 2 rings (SSSR count). The molecule has 124 valence electrons. The topological polar surface area (TPSA) is 52.7 Å². The van der Waals surface area contributed by atoms with Crippen LogP contribution in [0.2, 0.25) is 0 Å². The summed E-state index contributed by atoms with van der Waals surface area (Å²) in [5, 5.41) is 2.78. The third-order valence-electron chi connectivity index (χ3n) is 4.21. The molecule has 1 heterocycles. The zero-order chi connectivity index (χ0) is 16.7. The van der Waals surface area contributed by atoms with Crippen molar-refractivity contribution < 1.29 is 9.59 Å². The molecule has 0 aliphatic carbocycles. The van der Waals surface area contributed by atoms with E-state index in [1.807, 2.05) is 35.2 Å². The molecule has 0 spiro atoms. The van der Waals surface area contributed by atoms with Gasteiger partial charge in [-0.2, -0.15) is 0 Å². The van der Waals surface area contributed by atoms with Crippen LogP contribution in [0, 0.1) is 0 Å². The van der Waals surface area contributed by atoms with Crippen LogP contribution in [0.4, 0.5) is 0 Å². The fraction of sp³-hybridized carbons (Fsp3) is 0.444. The van der Waals surface area contributed by atoms with Crippen molar-refractivity contribution in [2.45, 2.75) is 19.4 Å². The molecular formula is C18H25N3O2. The summed E-state index contributed by atoms with van der Waals surface area (Å²) >= 11 is 0. The molecule has 2 amide bonds. The number of likely N-dealkylation sites (N-methyl/N-ethyl adjacent to an activating group) is 1. The van der Waals surface area contributed by atoms with Crippen molar-refractivity contribution in [2.24, 2.45) is 0 Å². The number of amides is 2. The summed E-state index contributed by atoms with van der Waals surface area (Å²) < 4.78 is 0. The average Bonchev–Trinajstić information content (AvgIpc) is 2.61. The maximum Gasteiger partial charge on any atom is 0.245 e. The van der Waals surface area contributed by atoms with Crippen LogP contribution in [-0.2, 0) is 16.0 Å². The van der Waals surface area contributed by atoms with E-state index < -0.39 is 6.04 Å². The van der Waals surface area contributed by atoms with Gasteiger partial charge in [0.15, 0.2) is 0 Å². The summed E-state index contributed by atoms with van der Waals surface area (Å²) in [5.41, 5.74) is 1.03. The molecular weight excluding hydrogens is 290 g/mol. The summed E-state index contributed by atoms with van der Waals surface area (Å²) in [5.74, 6) is -0.328. The Hall–Kier alpha value is -2.14. The second-order valence-corrected chi connectivity index (χ2v) is 5.71. The molecule has 1 unspecified atom stereocenters. The lowest BCUT2D eigenvalue weighted by Gasteiger charge is -2.36. The Morgan fingerprint density at radius 2 is 1.87 bits per heavy atom. The van der Waals surface area contributed by atoms with Crippen molar-refractivity contribution in [3.63, 3.8) is 0 Å². The van der Waals surface area contributed by atoms with Crippen LogP contribution < -0.4 is 5.32 Å². The van der Waals surface area contributed by atoms with Crippen LogP contribution in [-0.4, -0.2) is 60.4 Å². The largest absolute Gasteiger partial charge is 0.340 e. The number of nitrogens with one attached hydrogen (secondary N) is 1. The molecule has 1 saturated heterocycles. The Morgan fingerprint density at radius 3 is 2.43 bits per heavy atom. The van der Waals surface area contributed by atoms with Crippen LogP contribution in [0.25, 0.3) is 0 Å². The molecule has 0 radical (unpaired) electrons. The van der Waals surface area contributed by atoms with E-state index in [1.54, 1.807) is 0 Å². The highest BCUT2D eigenvalue weighted by Crippen LogP contribution is 2.09. The van der Waals surface area contributed by atoms with Gasteiger partial charge in [-0.05, 0) is 18.2 Å². The Labute approximate surface area is 138 Å². The van der Waals surface area contributed by atoms with Gasteiger partial charge in [0.1, 0.15) is 6.04 Å². The normalized spacial score (nSPS) is 16.7. The summed E-state index contributed by atoms with van der Waals surface area (Å²) in [6.45, 7) is 9.79. The highest BCUT2D eigenvalue weighted by molar-refractivity contribution is 5.92. The number of hydrogen-bond acceptors (Lipinski definition) is 3. The van der Waals surface area contributed by atoms with E-state index in [1.165, 1.54) is 6.08 Å². The van der Waals surface area contributed by atoms with Gasteiger partial charge in [0.2, 0.25) is 11.8 Å². The van der Waals surface area contributed by atoms with Crippen LogP contribution >= 0.6 is 0 Å². The lowest BCUT2D eigenvalue weighted by molar-refractivity contribution is -0.137. The fourth-order valence-electron chi connectivity index (χ4n) is 2.79. The highest BCUT2D eigenvalue weighted by atomic mass is 16.2. The number of rotatable bonds is 6. The first-order valence-corrected chi connectivity index (χ1v) is 8.12. The standard InChI is InChI=1S/C18H25N3O2/c1-3-17(22)19-16(14-15-8-6-5-7-9-15)18(23)21-12-10-20(4-2)11-13-21/h3,5-9,16H,1,4,10-14H2,2H3,(H,19,22). The summed E-state index contributed by atoms with van der Waals surface area (Å²) in [6, 6.07) is 9.20. The fourth-order valence-corrected chi connectivity index (χ4v) is 2.79. The molecule has 1 aromatic carbocycles. The molecule has 1 N–H and O–H groups in total. The molecule has 5 heteroatoms. The van der Waals surface area contributed by atoms with Gasteiger partial charge in [-0.1, -0.05) is 43.8 Å². The third kappa shape index (κ3) is 4.93. The lowest BCUT2D eigenvalue weighted by Crippen LogP contribution is -2.55. The molecule has 1 atom stereocenters. The van der Waals surface area contributed by atoms with Crippen molar-refractivity contribution in [2.75, 3.05) is 32.7 Å². The van der Waals surface area contributed by atoms with Crippen molar-refractivity contribution in [1.82, 2.24) is 15.1 Å². The Kier molecular flexibility index (Phi) is 6.35. The number of carbonyl (C=O) groups excluding carboxylic acids is 2. The first-order valence-electron chi connectivity index (χ1n) is 8.12.